The summed E-state index contributed by atoms with van der Waals surface area (Å²) in [4.78, 5) is 14.9. The summed E-state index contributed by atoms with van der Waals surface area (Å²) in [5.41, 5.74) is 3.21. The minimum Gasteiger partial charge on any atom is -0.381 e. The lowest BCUT2D eigenvalue weighted by atomic mass is 9.87. The molecule has 7 nitrogen and oxygen atoms in total. The number of hydrogen-bond acceptors (Lipinski definition) is 6. The van der Waals surface area contributed by atoms with Crippen LogP contribution in [0.25, 0.3) is 0 Å². The topological polar surface area (TPSA) is 69.3 Å². The molecule has 0 unspecified atom stereocenters. The van der Waals surface area contributed by atoms with Crippen molar-refractivity contribution in [1.82, 2.24) is 10.2 Å². The van der Waals surface area contributed by atoms with Crippen LogP contribution >= 0.6 is 0 Å². The molecule has 0 aliphatic carbocycles. The van der Waals surface area contributed by atoms with Gasteiger partial charge in [-0.1, -0.05) is 86.6 Å². The molecule has 1 amide bonds. The quantitative estimate of drug-likeness (QED) is 0.0508. The molecule has 0 aliphatic heterocycles. The van der Waals surface area contributed by atoms with E-state index >= 15 is 0 Å². The van der Waals surface area contributed by atoms with E-state index in [9.17, 15) is 4.79 Å². The van der Waals surface area contributed by atoms with Crippen molar-refractivity contribution in [2.75, 3.05) is 79.0 Å². The van der Waals surface area contributed by atoms with E-state index < -0.39 is 0 Å². The largest absolute Gasteiger partial charge is 0.381 e. The first-order valence-electron chi connectivity index (χ1n) is 21.6. The lowest BCUT2D eigenvalue weighted by molar-refractivity contribution is -0.122. The van der Waals surface area contributed by atoms with Crippen molar-refractivity contribution in [1.29, 1.82) is 0 Å². The minimum absolute atomic E-state index is 0.0144. The van der Waals surface area contributed by atoms with E-state index in [0.717, 1.165) is 156 Å². The van der Waals surface area contributed by atoms with E-state index in [2.05, 4.69) is 85.7 Å². The van der Waals surface area contributed by atoms with Crippen LogP contribution in [0.3, 0.4) is 0 Å². The molecule has 0 aromatic carbocycles. The summed E-state index contributed by atoms with van der Waals surface area (Å²) in [6, 6.07) is 0. The van der Waals surface area contributed by atoms with Gasteiger partial charge < -0.3 is 29.2 Å². The van der Waals surface area contributed by atoms with Crippen molar-refractivity contribution in [3.05, 3.63) is 24.3 Å². The van der Waals surface area contributed by atoms with Crippen LogP contribution in [-0.2, 0) is 23.7 Å². The number of rotatable bonds is 36. The molecule has 0 spiro atoms. The molecule has 0 saturated carbocycles. The van der Waals surface area contributed by atoms with Crippen LogP contribution in [0.2, 0.25) is 0 Å². The number of unbranched alkanes of at least 4 members (excludes halogenated alkanes) is 8. The molecule has 0 saturated heterocycles. The van der Waals surface area contributed by atoms with Gasteiger partial charge in [-0.05, 0) is 132 Å². The van der Waals surface area contributed by atoms with Gasteiger partial charge in [0.2, 0.25) is 5.91 Å². The van der Waals surface area contributed by atoms with Gasteiger partial charge in [-0.25, -0.2) is 0 Å². The number of carbonyl (C=O) groups is 1. The molecule has 0 aromatic heterocycles. The van der Waals surface area contributed by atoms with Crippen molar-refractivity contribution >= 4 is 5.91 Å². The normalized spacial score (nSPS) is 12.5. The highest BCUT2D eigenvalue weighted by molar-refractivity contribution is 5.76. The van der Waals surface area contributed by atoms with Gasteiger partial charge >= 0.3 is 0 Å². The van der Waals surface area contributed by atoms with Crippen molar-refractivity contribution in [2.24, 2.45) is 16.2 Å². The zero-order valence-electron chi connectivity index (χ0n) is 36.9. The van der Waals surface area contributed by atoms with Gasteiger partial charge in [-0.15, -0.1) is 0 Å². The zero-order chi connectivity index (χ0) is 39.9. The summed E-state index contributed by atoms with van der Waals surface area (Å²) in [6.45, 7) is 38.7. The molecule has 1 N–H and O–H groups in total. The molecule has 0 aliphatic rings. The average molecular weight is 751 g/mol. The Morgan fingerprint density at radius 3 is 1.11 bits per heavy atom. The smallest absolute Gasteiger partial charge is 0.220 e. The number of ether oxygens (including phenoxy) is 4. The SMILES string of the molecule is C=C(CCOCCCCCOCCCCCN(CCCCCOCCCCCOCCC(=C)CC(C)(C)C)CCNC(=O)CC(C)(C)C)CC(C)(C)C. The third-order valence-electron chi connectivity index (χ3n) is 8.88. The number of carbonyl (C=O) groups excluding carboxylic acids is 1. The van der Waals surface area contributed by atoms with Crippen molar-refractivity contribution < 1.29 is 23.7 Å². The first-order chi connectivity index (χ1) is 25.0. The molecular weight excluding hydrogens is 661 g/mol. The second-order valence-corrected chi connectivity index (χ2v) is 19.1. The summed E-state index contributed by atoms with van der Waals surface area (Å²) < 4.78 is 23.5. The first kappa shape index (κ1) is 51.8. The van der Waals surface area contributed by atoms with Gasteiger partial charge in [0.1, 0.15) is 0 Å². The molecule has 0 bridgehead atoms. The Morgan fingerprint density at radius 1 is 0.453 bits per heavy atom. The number of nitrogens with zero attached hydrogens (tertiary/aromatic N) is 1. The predicted molar refractivity (Wildman–Crippen MR) is 228 cm³/mol. The van der Waals surface area contributed by atoms with Crippen molar-refractivity contribution in [3.63, 3.8) is 0 Å². The van der Waals surface area contributed by atoms with E-state index in [1.165, 1.54) is 36.8 Å². The lowest BCUT2D eigenvalue weighted by Gasteiger charge is -2.23. The van der Waals surface area contributed by atoms with Crippen LogP contribution in [0.15, 0.2) is 24.3 Å². The second-order valence-electron chi connectivity index (χ2n) is 19.1. The van der Waals surface area contributed by atoms with E-state index in [0.29, 0.717) is 17.3 Å². The van der Waals surface area contributed by atoms with Gasteiger partial charge in [0.25, 0.3) is 0 Å². The monoisotopic (exact) mass is 751 g/mol. The maximum Gasteiger partial charge on any atom is 0.220 e. The van der Waals surface area contributed by atoms with Crippen molar-refractivity contribution in [2.45, 2.75) is 171 Å². The first-order valence-corrected chi connectivity index (χ1v) is 21.6. The van der Waals surface area contributed by atoms with Gasteiger partial charge in [-0.3, -0.25) is 4.79 Å². The van der Waals surface area contributed by atoms with E-state index in [4.69, 9.17) is 18.9 Å². The molecule has 0 aromatic rings. The van der Waals surface area contributed by atoms with Crippen LogP contribution in [-0.4, -0.2) is 89.8 Å². The summed E-state index contributed by atoms with van der Waals surface area (Å²) in [7, 11) is 0. The lowest BCUT2D eigenvalue weighted by Crippen LogP contribution is -2.37. The van der Waals surface area contributed by atoms with Gasteiger partial charge in [0.05, 0.1) is 13.2 Å². The summed E-state index contributed by atoms with van der Waals surface area (Å²) in [5, 5.41) is 3.15. The fourth-order valence-corrected chi connectivity index (χ4v) is 6.35. The van der Waals surface area contributed by atoms with E-state index in [-0.39, 0.29) is 11.3 Å². The van der Waals surface area contributed by atoms with Crippen LogP contribution in [0.5, 0.6) is 0 Å². The van der Waals surface area contributed by atoms with Crippen LogP contribution < -0.4 is 5.32 Å². The van der Waals surface area contributed by atoms with Crippen LogP contribution in [0.4, 0.5) is 0 Å². The Hall–Kier alpha value is -1.25. The third-order valence-corrected chi connectivity index (χ3v) is 8.88. The third kappa shape index (κ3) is 41.7. The molecule has 0 heterocycles. The summed E-state index contributed by atoms with van der Waals surface area (Å²) in [5.74, 6) is 0.155. The Kier molecular flexibility index (Phi) is 31.1. The van der Waals surface area contributed by atoms with Gasteiger partial charge in [0.15, 0.2) is 0 Å². The molecule has 0 atom stereocenters. The maximum atomic E-state index is 12.4. The molecule has 0 fully saturated rings. The fourth-order valence-electron chi connectivity index (χ4n) is 6.35. The Labute approximate surface area is 330 Å². The van der Waals surface area contributed by atoms with E-state index in [1.807, 2.05) is 0 Å². The Morgan fingerprint density at radius 2 is 0.774 bits per heavy atom. The summed E-state index contributed by atoms with van der Waals surface area (Å²) >= 11 is 0. The highest BCUT2D eigenvalue weighted by Gasteiger charge is 2.16. The zero-order valence-corrected chi connectivity index (χ0v) is 36.9. The maximum absolute atomic E-state index is 12.4. The average Bonchev–Trinajstić information content (AvgIpc) is 3.02. The standard InChI is InChI=1S/C46H90N2O5/c1-41(38-44(3,4)5)24-36-52-34-22-14-20-32-50-30-18-12-16-27-48(29-26-47-43(49)40-46(9,10)11)28-17-13-19-31-51-33-21-15-23-35-53-37-25-42(2)39-45(6,7)8/h1-2,12-40H2,3-11H3,(H,47,49). The second kappa shape index (κ2) is 31.9. The summed E-state index contributed by atoms with van der Waals surface area (Å²) in [6.07, 6.45) is 18.2. The Balaban J connectivity index is 3.98. The number of nitrogens with one attached hydrogen (secondary N) is 1. The fraction of sp³-hybridized carbons (Fsp3) is 0.891. The van der Waals surface area contributed by atoms with Crippen LogP contribution in [0, 0.1) is 16.2 Å². The number of hydrogen-bond donors (Lipinski definition) is 1. The van der Waals surface area contributed by atoms with Crippen molar-refractivity contribution in [3.8, 4) is 0 Å². The number of amides is 1. The van der Waals surface area contributed by atoms with Crippen LogP contribution in [0.1, 0.15) is 171 Å². The van der Waals surface area contributed by atoms with E-state index in [1.54, 1.807) is 0 Å². The predicted octanol–water partition coefficient (Wildman–Crippen LogP) is 11.4. The minimum atomic E-state index is 0.0144. The van der Waals surface area contributed by atoms with Gasteiger partial charge in [0, 0.05) is 59.2 Å². The highest BCUT2D eigenvalue weighted by Crippen LogP contribution is 2.25. The molecule has 314 valence electrons. The highest BCUT2D eigenvalue weighted by atomic mass is 16.5. The van der Waals surface area contributed by atoms with Gasteiger partial charge in [-0.2, -0.15) is 0 Å². The molecule has 0 rings (SSSR count). The Bertz CT molecular complexity index is 843. The molecule has 53 heavy (non-hydrogen) atoms. The molecule has 7 heteroatoms. The molecule has 0 radical (unpaired) electrons. The molecular formula is C46H90N2O5.